The normalized spacial score (nSPS) is 9.87. The number of amides is 1. The third-order valence-electron chi connectivity index (χ3n) is 2.01. The number of hydrogen-bond donors (Lipinski definition) is 2. The van der Waals surface area contributed by atoms with Crippen molar-refractivity contribution >= 4 is 5.91 Å². The van der Waals surface area contributed by atoms with Crippen molar-refractivity contribution in [2.24, 2.45) is 0 Å². The molecule has 4 nitrogen and oxygen atoms in total. The second-order valence-corrected chi connectivity index (χ2v) is 3.12. The highest BCUT2D eigenvalue weighted by Crippen LogP contribution is 1.97. The minimum atomic E-state index is -0.156. The van der Waals surface area contributed by atoms with E-state index >= 15 is 0 Å². The first kappa shape index (κ1) is 9.45. The Morgan fingerprint density at radius 3 is 3.00 bits per heavy atom. The van der Waals surface area contributed by atoms with Gasteiger partial charge in [0.25, 0.3) is 5.91 Å². The number of rotatable bonds is 3. The molecule has 2 aromatic heterocycles. The highest BCUT2D eigenvalue weighted by molar-refractivity contribution is 5.92. The first-order valence-electron chi connectivity index (χ1n) is 4.67. The van der Waals surface area contributed by atoms with Crippen LogP contribution in [0.15, 0.2) is 42.9 Å². The zero-order valence-corrected chi connectivity index (χ0v) is 8.10. The second kappa shape index (κ2) is 4.41. The average molecular weight is 201 g/mol. The van der Waals surface area contributed by atoms with E-state index in [2.05, 4.69) is 15.3 Å². The van der Waals surface area contributed by atoms with Crippen LogP contribution in [-0.2, 0) is 6.54 Å². The van der Waals surface area contributed by atoms with Gasteiger partial charge in [0.05, 0.1) is 0 Å². The third-order valence-corrected chi connectivity index (χ3v) is 2.01. The van der Waals surface area contributed by atoms with E-state index < -0.39 is 0 Å². The fourth-order valence-electron chi connectivity index (χ4n) is 1.24. The van der Waals surface area contributed by atoms with Crippen LogP contribution < -0.4 is 5.32 Å². The van der Waals surface area contributed by atoms with Gasteiger partial charge in [0.2, 0.25) is 0 Å². The second-order valence-electron chi connectivity index (χ2n) is 3.12. The summed E-state index contributed by atoms with van der Waals surface area (Å²) in [7, 11) is 0. The van der Waals surface area contributed by atoms with Crippen molar-refractivity contribution in [1.82, 2.24) is 15.3 Å². The lowest BCUT2D eigenvalue weighted by Gasteiger charge is -2.02. The Morgan fingerprint density at radius 1 is 1.40 bits per heavy atom. The zero-order chi connectivity index (χ0) is 10.5. The summed E-state index contributed by atoms with van der Waals surface area (Å²) >= 11 is 0. The van der Waals surface area contributed by atoms with Gasteiger partial charge in [-0.3, -0.25) is 9.78 Å². The number of pyridine rings is 1. The standard InChI is InChI=1S/C11H11N3O/c15-11(10-3-1-2-5-13-10)14-8-9-4-6-12-7-9/h1-7,12H,8H2,(H,14,15). The summed E-state index contributed by atoms with van der Waals surface area (Å²) in [5.41, 5.74) is 1.48. The molecule has 0 fully saturated rings. The Hall–Kier alpha value is -2.10. The molecule has 0 bridgehead atoms. The summed E-state index contributed by atoms with van der Waals surface area (Å²) in [6, 6.07) is 7.17. The van der Waals surface area contributed by atoms with E-state index in [1.807, 2.05) is 18.5 Å². The Bertz CT molecular complexity index is 422. The molecule has 2 heterocycles. The number of hydrogen-bond acceptors (Lipinski definition) is 2. The number of aromatic amines is 1. The molecule has 4 heteroatoms. The van der Waals surface area contributed by atoms with Gasteiger partial charge in [0.15, 0.2) is 0 Å². The fraction of sp³-hybridized carbons (Fsp3) is 0.0909. The highest BCUT2D eigenvalue weighted by Gasteiger charge is 2.04. The van der Waals surface area contributed by atoms with E-state index in [9.17, 15) is 4.79 Å². The van der Waals surface area contributed by atoms with E-state index in [1.54, 1.807) is 24.4 Å². The van der Waals surface area contributed by atoms with E-state index in [1.165, 1.54) is 0 Å². The molecule has 2 aromatic rings. The summed E-state index contributed by atoms with van der Waals surface area (Å²) in [4.78, 5) is 18.4. The molecule has 0 saturated heterocycles. The van der Waals surface area contributed by atoms with E-state index in [-0.39, 0.29) is 5.91 Å². The summed E-state index contributed by atoms with van der Waals surface area (Å²) in [6.45, 7) is 0.513. The van der Waals surface area contributed by atoms with Crippen molar-refractivity contribution in [3.63, 3.8) is 0 Å². The quantitative estimate of drug-likeness (QED) is 0.787. The Labute approximate surface area is 87.4 Å². The molecule has 2 N–H and O–H groups in total. The van der Waals surface area contributed by atoms with Crippen molar-refractivity contribution in [3.05, 3.63) is 54.1 Å². The van der Waals surface area contributed by atoms with Crippen LogP contribution in [0.2, 0.25) is 0 Å². The highest BCUT2D eigenvalue weighted by atomic mass is 16.1. The molecule has 76 valence electrons. The first-order valence-corrected chi connectivity index (χ1v) is 4.67. The molecule has 0 saturated carbocycles. The molecule has 0 unspecified atom stereocenters. The predicted octanol–water partition coefficient (Wildman–Crippen LogP) is 1.34. The minimum Gasteiger partial charge on any atom is -0.367 e. The molecule has 0 aromatic carbocycles. The average Bonchev–Trinajstić information content (AvgIpc) is 2.80. The summed E-state index contributed by atoms with van der Waals surface area (Å²) in [5.74, 6) is -0.156. The first-order chi connectivity index (χ1) is 7.36. The zero-order valence-electron chi connectivity index (χ0n) is 8.10. The van der Waals surface area contributed by atoms with Gasteiger partial charge in [-0.1, -0.05) is 6.07 Å². The van der Waals surface area contributed by atoms with Crippen molar-refractivity contribution in [2.75, 3.05) is 0 Å². The van der Waals surface area contributed by atoms with E-state index in [0.717, 1.165) is 5.56 Å². The maximum atomic E-state index is 11.6. The number of aromatic nitrogens is 2. The fourth-order valence-corrected chi connectivity index (χ4v) is 1.24. The number of nitrogens with one attached hydrogen (secondary N) is 2. The lowest BCUT2D eigenvalue weighted by Crippen LogP contribution is -2.23. The molecule has 15 heavy (non-hydrogen) atoms. The monoisotopic (exact) mass is 201 g/mol. The molecule has 0 radical (unpaired) electrons. The van der Waals surface area contributed by atoms with Gasteiger partial charge >= 0.3 is 0 Å². The van der Waals surface area contributed by atoms with Gasteiger partial charge < -0.3 is 10.3 Å². The third kappa shape index (κ3) is 2.43. The van der Waals surface area contributed by atoms with Crippen LogP contribution in [0.3, 0.4) is 0 Å². The van der Waals surface area contributed by atoms with Crippen LogP contribution in [0, 0.1) is 0 Å². The minimum absolute atomic E-state index is 0.156. The summed E-state index contributed by atoms with van der Waals surface area (Å²) < 4.78 is 0. The number of carbonyl (C=O) groups excluding carboxylic acids is 1. The van der Waals surface area contributed by atoms with Gasteiger partial charge in [0, 0.05) is 25.1 Å². The predicted molar refractivity (Wildman–Crippen MR) is 56.2 cm³/mol. The van der Waals surface area contributed by atoms with Gasteiger partial charge in [-0.15, -0.1) is 0 Å². The number of nitrogens with zero attached hydrogens (tertiary/aromatic N) is 1. The molecule has 0 aliphatic heterocycles. The van der Waals surface area contributed by atoms with Gasteiger partial charge in [-0.2, -0.15) is 0 Å². The van der Waals surface area contributed by atoms with Crippen molar-refractivity contribution in [3.8, 4) is 0 Å². The molecule has 0 aliphatic rings. The van der Waals surface area contributed by atoms with Crippen LogP contribution in [-0.4, -0.2) is 15.9 Å². The van der Waals surface area contributed by atoms with Crippen molar-refractivity contribution in [1.29, 1.82) is 0 Å². The molecular formula is C11H11N3O. The van der Waals surface area contributed by atoms with Crippen molar-refractivity contribution in [2.45, 2.75) is 6.54 Å². The van der Waals surface area contributed by atoms with Crippen LogP contribution in [0.1, 0.15) is 16.1 Å². The smallest absolute Gasteiger partial charge is 0.270 e. The van der Waals surface area contributed by atoms with Gasteiger partial charge in [-0.25, -0.2) is 0 Å². The van der Waals surface area contributed by atoms with Crippen LogP contribution >= 0.6 is 0 Å². The van der Waals surface area contributed by atoms with Crippen molar-refractivity contribution < 1.29 is 4.79 Å². The maximum Gasteiger partial charge on any atom is 0.270 e. The summed E-state index contributed by atoms with van der Waals surface area (Å²) in [6.07, 6.45) is 5.27. The molecule has 0 aliphatic carbocycles. The van der Waals surface area contributed by atoms with Crippen LogP contribution in [0.4, 0.5) is 0 Å². The number of H-pyrrole nitrogens is 1. The molecular weight excluding hydrogens is 190 g/mol. The maximum absolute atomic E-state index is 11.6. The Morgan fingerprint density at radius 2 is 2.33 bits per heavy atom. The molecule has 0 spiro atoms. The molecule has 0 atom stereocenters. The lowest BCUT2D eigenvalue weighted by atomic mass is 10.3. The summed E-state index contributed by atoms with van der Waals surface area (Å²) in [5, 5.41) is 2.78. The van der Waals surface area contributed by atoms with Crippen LogP contribution in [0.25, 0.3) is 0 Å². The number of carbonyl (C=O) groups is 1. The van der Waals surface area contributed by atoms with Gasteiger partial charge in [-0.05, 0) is 23.8 Å². The Kier molecular flexibility index (Phi) is 2.78. The largest absolute Gasteiger partial charge is 0.367 e. The molecule has 1 amide bonds. The van der Waals surface area contributed by atoms with E-state index in [4.69, 9.17) is 0 Å². The lowest BCUT2D eigenvalue weighted by molar-refractivity contribution is 0.0946. The van der Waals surface area contributed by atoms with E-state index in [0.29, 0.717) is 12.2 Å². The topological polar surface area (TPSA) is 57.8 Å². The Balaban J connectivity index is 1.94. The van der Waals surface area contributed by atoms with Gasteiger partial charge in [0.1, 0.15) is 5.69 Å². The van der Waals surface area contributed by atoms with Crippen LogP contribution in [0.5, 0.6) is 0 Å². The molecule has 2 rings (SSSR count). The SMILES string of the molecule is O=C(NCc1cc[nH]c1)c1ccccn1.